The second-order valence-electron chi connectivity index (χ2n) is 6.47. The number of anilines is 1. The van der Waals surface area contributed by atoms with E-state index < -0.39 is 0 Å². The highest BCUT2D eigenvalue weighted by atomic mass is 15.1. The zero-order valence-corrected chi connectivity index (χ0v) is 13.3. The first kappa shape index (κ1) is 14.2. The van der Waals surface area contributed by atoms with Crippen LogP contribution < -0.4 is 5.32 Å². The van der Waals surface area contributed by atoms with Gasteiger partial charge in [0, 0.05) is 35.6 Å². The Balaban J connectivity index is 1.59. The number of hydrogen-bond acceptors (Lipinski definition) is 4. The second-order valence-corrected chi connectivity index (χ2v) is 6.47. The molecule has 0 aliphatic heterocycles. The number of nitrogens with one attached hydrogen (secondary N) is 2. The van der Waals surface area contributed by atoms with E-state index in [1.165, 1.54) is 25.7 Å². The van der Waals surface area contributed by atoms with Crippen LogP contribution in [0.1, 0.15) is 32.6 Å². The van der Waals surface area contributed by atoms with Gasteiger partial charge in [-0.15, -0.1) is 0 Å². The average molecular weight is 307 g/mol. The maximum atomic E-state index is 4.71. The van der Waals surface area contributed by atoms with Crippen LogP contribution in [-0.4, -0.2) is 26.0 Å². The predicted octanol–water partition coefficient (Wildman–Crippen LogP) is 4.01. The Morgan fingerprint density at radius 3 is 2.83 bits per heavy atom. The molecule has 1 aliphatic carbocycles. The highest BCUT2D eigenvalue weighted by molar-refractivity contribution is 5.92. The van der Waals surface area contributed by atoms with E-state index in [4.69, 9.17) is 4.98 Å². The van der Waals surface area contributed by atoms with Crippen LogP contribution >= 0.6 is 0 Å². The van der Waals surface area contributed by atoms with Crippen LogP contribution in [0.25, 0.3) is 22.3 Å². The SMILES string of the molecule is CC1CCC(Nc2nccc(-c3c[nH]c4ncccc34)n2)CC1. The minimum Gasteiger partial charge on any atom is -0.351 e. The molecule has 0 saturated heterocycles. The molecule has 23 heavy (non-hydrogen) atoms. The third kappa shape index (κ3) is 2.91. The summed E-state index contributed by atoms with van der Waals surface area (Å²) in [7, 11) is 0. The maximum absolute atomic E-state index is 4.71. The van der Waals surface area contributed by atoms with E-state index in [1.807, 2.05) is 24.5 Å². The van der Waals surface area contributed by atoms with Crippen molar-refractivity contribution in [1.82, 2.24) is 19.9 Å². The maximum Gasteiger partial charge on any atom is 0.223 e. The first-order chi connectivity index (χ1) is 11.3. The molecule has 1 saturated carbocycles. The van der Waals surface area contributed by atoms with Gasteiger partial charge in [0.2, 0.25) is 5.95 Å². The molecule has 0 amide bonds. The van der Waals surface area contributed by atoms with Crippen molar-refractivity contribution < 1.29 is 0 Å². The standard InChI is InChI=1S/C18H21N5/c1-12-4-6-13(7-5-12)22-18-20-10-8-16(23-18)15-11-21-17-14(15)3-2-9-19-17/h2-3,8-13H,4-7H2,1H3,(H,19,21)(H,20,22,23). The Hall–Kier alpha value is -2.43. The molecule has 1 fully saturated rings. The van der Waals surface area contributed by atoms with Crippen molar-refractivity contribution in [2.24, 2.45) is 5.92 Å². The molecule has 4 rings (SSSR count). The third-order valence-electron chi connectivity index (χ3n) is 4.73. The van der Waals surface area contributed by atoms with Crippen molar-refractivity contribution in [2.45, 2.75) is 38.6 Å². The fourth-order valence-corrected chi connectivity index (χ4v) is 3.33. The smallest absolute Gasteiger partial charge is 0.223 e. The lowest BCUT2D eigenvalue weighted by Crippen LogP contribution is -2.26. The van der Waals surface area contributed by atoms with Gasteiger partial charge < -0.3 is 10.3 Å². The fourth-order valence-electron chi connectivity index (χ4n) is 3.33. The molecule has 2 N–H and O–H groups in total. The Morgan fingerprint density at radius 2 is 1.96 bits per heavy atom. The summed E-state index contributed by atoms with van der Waals surface area (Å²) >= 11 is 0. The fraction of sp³-hybridized carbons (Fsp3) is 0.389. The minimum atomic E-state index is 0.492. The first-order valence-corrected chi connectivity index (χ1v) is 8.31. The molecule has 0 spiro atoms. The molecular formula is C18H21N5. The molecule has 3 heterocycles. The molecule has 3 aromatic heterocycles. The summed E-state index contributed by atoms with van der Waals surface area (Å²) in [5.41, 5.74) is 2.87. The quantitative estimate of drug-likeness (QED) is 0.767. The molecule has 118 valence electrons. The largest absolute Gasteiger partial charge is 0.351 e. The summed E-state index contributed by atoms with van der Waals surface area (Å²) in [6, 6.07) is 6.45. The van der Waals surface area contributed by atoms with E-state index in [-0.39, 0.29) is 0 Å². The van der Waals surface area contributed by atoms with E-state index in [9.17, 15) is 0 Å². The van der Waals surface area contributed by atoms with Crippen LogP contribution in [0, 0.1) is 5.92 Å². The van der Waals surface area contributed by atoms with Crippen LogP contribution in [0.4, 0.5) is 5.95 Å². The second kappa shape index (κ2) is 5.99. The molecule has 0 bridgehead atoms. The summed E-state index contributed by atoms with van der Waals surface area (Å²) in [6.07, 6.45) is 10.5. The van der Waals surface area contributed by atoms with E-state index in [1.54, 1.807) is 6.20 Å². The van der Waals surface area contributed by atoms with Gasteiger partial charge in [-0.25, -0.2) is 15.0 Å². The lowest BCUT2D eigenvalue weighted by molar-refractivity contribution is 0.360. The molecule has 0 radical (unpaired) electrons. The molecule has 0 aromatic carbocycles. The highest BCUT2D eigenvalue weighted by Gasteiger charge is 2.19. The van der Waals surface area contributed by atoms with Gasteiger partial charge >= 0.3 is 0 Å². The monoisotopic (exact) mass is 307 g/mol. The number of fused-ring (bicyclic) bond motifs is 1. The van der Waals surface area contributed by atoms with Crippen molar-refractivity contribution in [2.75, 3.05) is 5.32 Å². The van der Waals surface area contributed by atoms with E-state index in [0.29, 0.717) is 6.04 Å². The Bertz CT molecular complexity index is 802. The lowest BCUT2D eigenvalue weighted by Gasteiger charge is -2.26. The van der Waals surface area contributed by atoms with Crippen LogP contribution in [0.15, 0.2) is 36.8 Å². The molecule has 3 aromatic rings. The summed E-state index contributed by atoms with van der Waals surface area (Å²) in [4.78, 5) is 16.6. The number of hydrogen-bond donors (Lipinski definition) is 2. The van der Waals surface area contributed by atoms with Gasteiger partial charge in [-0.3, -0.25) is 0 Å². The molecule has 0 atom stereocenters. The normalized spacial score (nSPS) is 21.4. The number of rotatable bonds is 3. The molecule has 5 nitrogen and oxygen atoms in total. The van der Waals surface area contributed by atoms with Crippen LogP contribution in [0.2, 0.25) is 0 Å². The third-order valence-corrected chi connectivity index (χ3v) is 4.73. The van der Waals surface area contributed by atoms with E-state index in [0.717, 1.165) is 34.2 Å². The van der Waals surface area contributed by atoms with Crippen LogP contribution in [0.3, 0.4) is 0 Å². The number of aromatic amines is 1. The van der Waals surface area contributed by atoms with Crippen molar-refractivity contribution in [3.05, 3.63) is 36.8 Å². The van der Waals surface area contributed by atoms with Gasteiger partial charge in [-0.2, -0.15) is 0 Å². The predicted molar refractivity (Wildman–Crippen MR) is 92.2 cm³/mol. The first-order valence-electron chi connectivity index (χ1n) is 8.31. The van der Waals surface area contributed by atoms with Crippen molar-refractivity contribution in [3.8, 4) is 11.3 Å². The summed E-state index contributed by atoms with van der Waals surface area (Å²) < 4.78 is 0. The van der Waals surface area contributed by atoms with Gasteiger partial charge in [0.15, 0.2) is 0 Å². The van der Waals surface area contributed by atoms with Gasteiger partial charge in [-0.05, 0) is 49.8 Å². The number of nitrogens with zero attached hydrogens (tertiary/aromatic N) is 3. The average Bonchev–Trinajstić information content (AvgIpc) is 3.01. The zero-order chi connectivity index (χ0) is 15.6. The van der Waals surface area contributed by atoms with E-state index in [2.05, 4.69) is 33.3 Å². The molecule has 5 heteroatoms. The van der Waals surface area contributed by atoms with Crippen molar-refractivity contribution >= 4 is 17.0 Å². The van der Waals surface area contributed by atoms with Crippen LogP contribution in [-0.2, 0) is 0 Å². The Kier molecular flexibility index (Phi) is 3.69. The van der Waals surface area contributed by atoms with Gasteiger partial charge in [0.25, 0.3) is 0 Å². The molecule has 1 aliphatic rings. The van der Waals surface area contributed by atoms with E-state index >= 15 is 0 Å². The zero-order valence-electron chi connectivity index (χ0n) is 13.3. The summed E-state index contributed by atoms with van der Waals surface area (Å²) in [5.74, 6) is 1.57. The van der Waals surface area contributed by atoms with Gasteiger partial charge in [-0.1, -0.05) is 6.92 Å². The lowest BCUT2D eigenvalue weighted by atomic mass is 9.87. The number of pyridine rings is 1. The number of H-pyrrole nitrogens is 1. The van der Waals surface area contributed by atoms with Crippen molar-refractivity contribution in [1.29, 1.82) is 0 Å². The van der Waals surface area contributed by atoms with Gasteiger partial charge in [0.05, 0.1) is 5.69 Å². The Labute approximate surface area is 135 Å². The molecular weight excluding hydrogens is 286 g/mol. The van der Waals surface area contributed by atoms with Crippen LogP contribution in [0.5, 0.6) is 0 Å². The van der Waals surface area contributed by atoms with Gasteiger partial charge in [0.1, 0.15) is 5.65 Å². The topological polar surface area (TPSA) is 66.5 Å². The Morgan fingerprint density at radius 1 is 1.09 bits per heavy atom. The number of aromatic nitrogens is 4. The minimum absolute atomic E-state index is 0.492. The molecule has 0 unspecified atom stereocenters. The highest BCUT2D eigenvalue weighted by Crippen LogP contribution is 2.28. The van der Waals surface area contributed by atoms with Crippen molar-refractivity contribution in [3.63, 3.8) is 0 Å². The summed E-state index contributed by atoms with van der Waals surface area (Å²) in [5, 5.41) is 4.59. The summed E-state index contributed by atoms with van der Waals surface area (Å²) in [6.45, 7) is 2.33.